The Labute approximate surface area is 852 Å². The lowest BCUT2D eigenvalue weighted by Gasteiger charge is -2.20. The van der Waals surface area contributed by atoms with Gasteiger partial charge in [0.15, 0.2) is 34.3 Å². The van der Waals surface area contributed by atoms with Crippen molar-refractivity contribution < 1.29 is 114 Å². The highest BCUT2D eigenvalue weighted by atomic mass is 35.5. The van der Waals surface area contributed by atoms with Gasteiger partial charge >= 0.3 is 46.1 Å². The Balaban J connectivity index is 0.000000193. The molecule has 0 saturated carbocycles. The fraction of sp³-hybridized carbons (Fsp3) is 0.300. The predicted octanol–water partition coefficient (Wildman–Crippen LogP) is 14.3. The molecule has 7 N–H and O–H groups in total. The van der Waals surface area contributed by atoms with Crippen LogP contribution in [0, 0.1) is 91.8 Å². The predicted molar refractivity (Wildman–Crippen MR) is 519 cm³/mol. The van der Waals surface area contributed by atoms with Crippen LogP contribution in [0.3, 0.4) is 0 Å². The molecule has 5 unspecified atom stereocenters. The Hall–Kier alpha value is -14.6. The Bertz CT molecular complexity index is 7480. The zero-order valence-electron chi connectivity index (χ0n) is 77.9. The summed E-state index contributed by atoms with van der Waals surface area (Å²) < 4.78 is 110. The Morgan fingerprint density at radius 1 is 0.438 bits per heavy atom. The first kappa shape index (κ1) is 115. The molecule has 0 saturated heterocycles. The number of carbonyl (C=O) groups excluding carboxylic acids is 3. The lowest BCUT2D eigenvalue weighted by atomic mass is 9.96. The Kier molecular flexibility index (Phi) is 37.4. The maximum atomic E-state index is 14.6. The third-order valence-corrected chi connectivity index (χ3v) is 23.7. The summed E-state index contributed by atoms with van der Waals surface area (Å²) in [7, 11) is 2.97. The molecule has 0 amide bonds. The number of nitro groups is 3. The number of nitrogen functional groups attached to an aromatic ring is 1. The molecule has 7 aromatic carbocycles. The lowest BCUT2D eigenvalue weighted by Crippen LogP contribution is -2.38. The number of hydrogen-bond acceptors (Lipinski definition) is 33. The van der Waals surface area contributed by atoms with Gasteiger partial charge in [0.1, 0.15) is 36.5 Å². The minimum absolute atomic E-state index is 0.00435. The number of nitrogens with two attached hydrogens (primary N) is 1. The summed E-state index contributed by atoms with van der Waals surface area (Å²) in [6, 6.07) is 18.2. The average Bonchev–Trinajstić information content (AvgIpc) is 1.37. The summed E-state index contributed by atoms with van der Waals surface area (Å²) in [5.41, 5.74) is -0.928. The summed E-state index contributed by atoms with van der Waals surface area (Å²) in [6.07, 6.45) is 2.54. The van der Waals surface area contributed by atoms with Gasteiger partial charge in [-0.3, -0.25) is 59.1 Å². The summed E-state index contributed by atoms with van der Waals surface area (Å²) in [4.78, 5) is 164. The summed E-state index contributed by atoms with van der Waals surface area (Å²) >= 11 is 41.2. The third kappa shape index (κ3) is 27.5. The van der Waals surface area contributed by atoms with Crippen molar-refractivity contribution in [2.24, 2.45) is 45.0 Å². The second-order valence-corrected chi connectivity index (χ2v) is 36.5. The zero-order chi connectivity index (χ0) is 109. The molecule has 5 aliphatic heterocycles. The third-order valence-electron chi connectivity index (χ3n) is 21.5. The molecule has 776 valence electrons. The average molecular weight is 2180 g/mol. The number of H-pyrrole nitrogens is 1. The van der Waals surface area contributed by atoms with Gasteiger partial charge in [0, 0.05) is 171 Å². The van der Waals surface area contributed by atoms with Crippen molar-refractivity contribution in [2.75, 3.05) is 38.8 Å². The van der Waals surface area contributed by atoms with Crippen molar-refractivity contribution in [3.05, 3.63) is 328 Å². The quantitative estimate of drug-likeness (QED) is 0.00603. The van der Waals surface area contributed by atoms with Crippen LogP contribution in [-0.2, 0) is 57.3 Å². The molecule has 15 rings (SSSR count). The van der Waals surface area contributed by atoms with Crippen LogP contribution >= 0.6 is 81.2 Å². The van der Waals surface area contributed by atoms with E-state index in [9.17, 15) is 109 Å². The highest BCUT2D eigenvalue weighted by Gasteiger charge is 2.42. The van der Waals surface area contributed by atoms with Crippen LogP contribution in [0.1, 0.15) is 141 Å². The van der Waals surface area contributed by atoms with Crippen molar-refractivity contribution in [1.29, 1.82) is 0 Å². The summed E-state index contributed by atoms with van der Waals surface area (Å²) in [5.74, 6) is -7.07. The lowest BCUT2D eigenvalue weighted by molar-refractivity contribution is -0.387. The summed E-state index contributed by atoms with van der Waals surface area (Å²) in [6.45, 7) is 15.0. The molecular formula is C90H82Cl7F7N16O26. The number of aliphatic hydroxyl groups excluding tert-OH is 3. The fourth-order valence-corrected chi connectivity index (χ4v) is 15.1. The number of aldehydes is 1. The number of nitro benzene ring substituents is 3. The Morgan fingerprint density at radius 2 is 0.719 bits per heavy atom. The normalized spacial score (nSPS) is 18.1. The molecule has 0 bridgehead atoms. The van der Waals surface area contributed by atoms with Crippen molar-refractivity contribution in [3.63, 3.8) is 0 Å². The van der Waals surface area contributed by atoms with Crippen LogP contribution in [0.25, 0.3) is 17.1 Å². The topological polar surface area (TPSA) is 569 Å². The highest BCUT2D eigenvalue weighted by Crippen LogP contribution is 2.39. The second kappa shape index (κ2) is 47.5. The number of aliphatic hydroxyl groups is 3. The van der Waals surface area contributed by atoms with Gasteiger partial charge in [-0.15, -0.1) is 0 Å². The fourth-order valence-electron chi connectivity index (χ4n) is 13.4. The van der Waals surface area contributed by atoms with E-state index in [1.165, 1.54) is 79.5 Å². The molecule has 146 heavy (non-hydrogen) atoms. The minimum Gasteiger partial charge on any atom is -0.461 e. The molecule has 56 heteroatoms. The molecule has 42 nitrogen and oxygen atoms in total. The number of nitrogens with zero attached hydrogens (tertiary/aromatic N) is 14. The number of ether oxygens (including phenoxy) is 2. The van der Waals surface area contributed by atoms with Crippen LogP contribution in [-0.4, -0.2) is 177 Å². The van der Waals surface area contributed by atoms with Gasteiger partial charge in [0.05, 0.1) is 127 Å². The number of anilines is 1. The van der Waals surface area contributed by atoms with Gasteiger partial charge in [0.25, 0.3) is 16.7 Å². The van der Waals surface area contributed by atoms with Crippen molar-refractivity contribution in [3.8, 4) is 17.1 Å². The number of benzene rings is 7. The van der Waals surface area contributed by atoms with Crippen LogP contribution in [0.15, 0.2) is 163 Å². The molecular weight excluding hydrogens is 2100 g/mol. The van der Waals surface area contributed by atoms with E-state index in [2.05, 4.69) is 35.9 Å². The number of halogens is 14. The van der Waals surface area contributed by atoms with Gasteiger partial charge in [-0.1, -0.05) is 112 Å². The molecule has 8 heterocycles. The molecule has 5 atom stereocenters. The number of carbonyl (C=O) groups is 3. The van der Waals surface area contributed by atoms with Gasteiger partial charge in [-0.05, 0) is 104 Å². The standard InChI is InChI=1S/C19H19ClFN3O5.C18H17ClFN3O5.C17H17ClFN3O4.C11H10ClFN2O4.C11H12ClFN2O2.C7H4ClFN2O3.C7H3ClFNO3/c1-10-5-17(26)24(18(27)23(10)4)16-6-12(13(20)7-14(16)21)15-8-19(3,29-22-15)9-28-11(2)25;1-9-4-16(25)23(17(26)21-9)15-5-11(12(19)6-13(15)20)14-7-18(3,28-22-14)8-27-10(2)24;1-9-4-15(24)22(16(25)21(9)3)14-5-10(11(18)6-12(14)19)13-7-17(2,8-23)26-20-13;1-11(5-16)4-9(14-19-11)6-2-10(15(17)18)8(13)3-7(6)12;1-11(5-16)4-10(15-17-11)6-2-9(14)8(13)3-7(6)12;8-5-2-6(9)7(11(13)14)1-4(5)3-10-12;8-5-2-6(9)7(10(12)13)1-4(5)3-11/h5-7H,8-9H2,1-4H3;4-6H,7-8H2,1-3H3,(H,21,26);4-6,23H,7-8H2,1-3H3;2-3,16H,4-5H2,1H3;2-3,16H,4-5,14H2,1H3;1-3,12H;1-3H/b;;;;;10-3+;. The second-order valence-electron chi connectivity index (χ2n) is 33.6. The monoisotopic (exact) mass is 2180 g/mol. The minimum atomic E-state index is -1.06. The maximum Gasteiger partial charge on any atom is 0.335 e. The summed E-state index contributed by atoms with van der Waals surface area (Å²) in [5, 5.41) is 89.4. The number of aryl methyl sites for hydroxylation is 3. The van der Waals surface area contributed by atoms with E-state index >= 15 is 0 Å². The van der Waals surface area contributed by atoms with Crippen LogP contribution < -0.4 is 39.5 Å². The van der Waals surface area contributed by atoms with E-state index in [4.69, 9.17) is 136 Å². The number of nitrogens with one attached hydrogen (secondary N) is 1. The molecule has 10 aromatic rings. The van der Waals surface area contributed by atoms with Crippen LogP contribution in [0.4, 0.5) is 53.5 Å². The van der Waals surface area contributed by atoms with Gasteiger partial charge in [0.2, 0.25) is 17.5 Å². The van der Waals surface area contributed by atoms with Crippen LogP contribution in [0.5, 0.6) is 0 Å². The van der Waals surface area contributed by atoms with E-state index in [0.717, 1.165) is 76.0 Å². The molecule has 3 aromatic heterocycles. The number of esters is 2. The van der Waals surface area contributed by atoms with Gasteiger partial charge in [-0.2, -0.15) is 13.2 Å². The largest absolute Gasteiger partial charge is 0.461 e. The number of oxime groups is 6. The molecule has 5 aliphatic rings. The first-order valence-electron chi connectivity index (χ1n) is 41.8. The first-order valence-corrected chi connectivity index (χ1v) is 44.4. The van der Waals surface area contributed by atoms with E-state index in [0.29, 0.717) is 85.2 Å². The van der Waals surface area contributed by atoms with E-state index in [1.54, 1.807) is 55.4 Å². The number of aromatic amines is 1. The highest BCUT2D eigenvalue weighted by molar-refractivity contribution is 6.37. The van der Waals surface area contributed by atoms with Crippen LogP contribution in [0.2, 0.25) is 35.2 Å². The first-order chi connectivity index (χ1) is 68.2. The van der Waals surface area contributed by atoms with Crippen molar-refractivity contribution in [1.82, 2.24) is 27.8 Å². The molecule has 0 spiro atoms. The number of aromatic nitrogens is 6. The van der Waals surface area contributed by atoms with E-state index in [1.807, 2.05) is 0 Å². The molecule has 0 radical (unpaired) electrons. The number of hydrogen-bond donors (Lipinski definition) is 6. The van der Waals surface area contributed by atoms with Crippen molar-refractivity contribution >= 4 is 157 Å². The Morgan fingerprint density at radius 3 is 1.03 bits per heavy atom. The molecule has 0 fully saturated rings. The van der Waals surface area contributed by atoms with E-state index < -0.39 is 146 Å². The SMILES string of the molecule is CC(=O)OCC1(C)CC(c2cc(-n3c(=O)cc(C)[nH]c3=O)c(F)cc2Cl)=NO1.CC(=O)OCC1(C)CC(c2cc(-n3c(=O)cc(C)n(C)c3=O)c(F)cc2Cl)=NO1.CC1(CO)CC(c2cc(N)c(F)cc2Cl)=NO1.CC1(CO)CC(c2cc([N+](=O)[O-])c(F)cc2Cl)=NO1.Cc1cc(=O)n(-c2cc(C3=NOC(C)(CO)C3)c(Cl)cc2F)c(=O)n1C.O=Cc1cc([N+](=O)[O-])c(F)cc1Cl.O=[N+]([O-])c1cc(/C=N/O)c(Cl)cc1F. The smallest absolute Gasteiger partial charge is 0.335 e. The van der Waals surface area contributed by atoms with Gasteiger partial charge < -0.3 is 74.0 Å². The van der Waals surface area contributed by atoms with Crippen molar-refractivity contribution in [2.45, 2.75) is 129 Å². The van der Waals surface area contributed by atoms with E-state index in [-0.39, 0.29) is 133 Å². The van der Waals surface area contributed by atoms with Gasteiger partial charge in [-0.25, -0.2) is 45.6 Å². The zero-order valence-corrected chi connectivity index (χ0v) is 83.2. The number of rotatable bonds is 20. The molecule has 0 aliphatic carbocycles. The maximum absolute atomic E-state index is 14.6.